The van der Waals surface area contributed by atoms with Gasteiger partial charge < -0.3 is 86.0 Å². The highest BCUT2D eigenvalue weighted by Gasteiger charge is 2.30. The minimum absolute atomic E-state index is 0.00287. The van der Waals surface area contributed by atoms with Gasteiger partial charge in [0.15, 0.2) is 5.65 Å². The summed E-state index contributed by atoms with van der Waals surface area (Å²) in [7, 11) is 4.93. The van der Waals surface area contributed by atoms with Crippen LogP contribution in [-0.4, -0.2) is 191 Å². The molecule has 8 aromatic heterocycles. The van der Waals surface area contributed by atoms with E-state index < -0.39 is 11.4 Å². The second-order valence-corrected chi connectivity index (χ2v) is 32.9. The number of amides is 4. The predicted octanol–water partition coefficient (Wildman–Crippen LogP) is 15.3. The number of rotatable bonds is 26. The zero-order valence-electron chi connectivity index (χ0n) is 76.8. The smallest absolute Gasteiger partial charge is 0.253 e. The summed E-state index contributed by atoms with van der Waals surface area (Å²) >= 11 is 0. The molecule has 9 heterocycles. The van der Waals surface area contributed by atoms with Crippen LogP contribution in [0.25, 0.3) is 138 Å². The number of hydrogen-bond donors (Lipinski definition) is 8. The number of aromatic nitrogens is 12. The monoisotopic (exact) mass is 1810 g/mol. The average molecular weight is 1810 g/mol. The first kappa shape index (κ1) is 97.5. The lowest BCUT2D eigenvalue weighted by atomic mass is 10.0. The number of likely N-dealkylation sites (N-methyl/N-ethyl adjacent to an activating group) is 2. The van der Waals surface area contributed by atoms with Gasteiger partial charge in [-0.25, -0.2) is 59.3 Å². The lowest BCUT2D eigenvalue weighted by Gasteiger charge is -2.26. The van der Waals surface area contributed by atoms with Crippen LogP contribution in [0.3, 0.4) is 0 Å². The summed E-state index contributed by atoms with van der Waals surface area (Å²) in [5, 5.41) is 33.9. The fourth-order valence-corrected chi connectivity index (χ4v) is 15.4. The van der Waals surface area contributed by atoms with Crippen LogP contribution in [0.4, 0.5) is 23.3 Å². The molecule has 0 aliphatic carbocycles. The summed E-state index contributed by atoms with van der Waals surface area (Å²) in [4.78, 5) is 104. The van der Waals surface area contributed by atoms with Crippen LogP contribution < -0.4 is 33.0 Å². The highest BCUT2D eigenvalue weighted by Crippen LogP contribution is 2.43. The van der Waals surface area contributed by atoms with E-state index in [2.05, 4.69) is 64.6 Å². The van der Waals surface area contributed by atoms with Crippen molar-refractivity contribution in [3.63, 3.8) is 0 Å². The van der Waals surface area contributed by atoms with Gasteiger partial charge in [-0.3, -0.25) is 19.2 Å². The van der Waals surface area contributed by atoms with E-state index >= 15 is 0 Å². The third-order valence-corrected chi connectivity index (χ3v) is 21.9. The number of ether oxygens (including phenoxy) is 2. The van der Waals surface area contributed by atoms with Gasteiger partial charge in [-0.15, -0.1) is 0 Å². The number of nitrogen functional groups attached to an aromatic ring is 4. The van der Waals surface area contributed by atoms with E-state index in [1.165, 1.54) is 30.2 Å². The number of carbonyl (C=O) groups is 4. The van der Waals surface area contributed by atoms with Gasteiger partial charge in [-0.2, -0.15) is 0 Å². The summed E-state index contributed by atoms with van der Waals surface area (Å²) in [6.45, 7) is 47.7. The third kappa shape index (κ3) is 22.9. The summed E-state index contributed by atoms with van der Waals surface area (Å²) in [5.41, 5.74) is 40.6. The molecule has 0 atom stereocenters. The molecule has 0 spiro atoms. The Morgan fingerprint density at radius 3 is 1.30 bits per heavy atom. The minimum atomic E-state index is -0.486. The van der Waals surface area contributed by atoms with Crippen LogP contribution in [0.2, 0.25) is 0 Å². The van der Waals surface area contributed by atoms with Gasteiger partial charge in [0, 0.05) is 137 Å². The number of hydrogen-bond acceptors (Lipinski definition) is 21. The molecule has 6 aromatic carbocycles. The van der Waals surface area contributed by atoms with E-state index in [4.69, 9.17) is 58.7 Å². The molecule has 14 aromatic rings. The molecule has 1 aliphatic heterocycles. The van der Waals surface area contributed by atoms with E-state index in [1.54, 1.807) is 55.2 Å². The number of benzene rings is 6. The fraction of sp³-hybridized carbons (Fsp3) is 0.255. The Balaban J connectivity index is 0.000000162. The highest BCUT2D eigenvalue weighted by atomic mass is 16.5. The molecule has 0 radical (unpaired) electrons. The second-order valence-electron chi connectivity index (χ2n) is 32.9. The molecule has 1 saturated heterocycles. The van der Waals surface area contributed by atoms with E-state index in [0.717, 1.165) is 95.8 Å². The molecule has 1 fully saturated rings. The Morgan fingerprint density at radius 2 is 0.889 bits per heavy atom. The first-order valence-corrected chi connectivity index (χ1v) is 43.6. The van der Waals surface area contributed by atoms with Crippen molar-refractivity contribution in [1.82, 2.24) is 78.2 Å². The molecule has 33 nitrogen and oxygen atoms in total. The van der Waals surface area contributed by atoms with Crippen LogP contribution in [0.1, 0.15) is 92.7 Å². The number of morpholine rings is 1. The maximum atomic E-state index is 13.1. The number of aliphatic hydroxyl groups is 3. The summed E-state index contributed by atoms with van der Waals surface area (Å²) in [6.07, 6.45) is 16.2. The lowest BCUT2D eigenvalue weighted by molar-refractivity contribution is -0.130. The standard InChI is InChI=1S/C30H24N6O2.C24H26N6O3.2C24H28N6O2/c1-32-26(30(37)35(2)3)17-20-8-7-9-22(16-20)36-18-25(27-28(31)33-19-34-29(27)36)21-12-14-24(15-13-21)38-23-10-5-4-6-11-23;1-16-4-6-17(7-5-16)20-19(14-18(26-2)24(32)29-9-12-33-13-10-29)30(8-3-11-31)23-21(20)22(25)27-15-28-23;1-15-7-9-16(10-8-15)19-18(13-17(26-5)23(32)29-24(2,3)4)30(11-6-12-31)22-20(19)21(25)27-14-28-22;1-5-11-29(4)24(32)18(26-3)14-19-20(17-9-7-16(2)8-10-17)21-22(25)27-15-28-23(21)30(19)12-6-13-31/h4-19H,2-3H3,(H2,31,33,34);4-7,14-15,31H,3,8-13H2,1H3,(H2,25,27,28);7-10,13-14,31H,6,11-12H2,1-4H3,(H,29,32)(H2,25,27,28);7-10,14-15,31H,5-6,11-13H2,1-2,4H3,(H2,25,27,28)/b26-17-;18-14-;17-13-;18-14-. The van der Waals surface area contributed by atoms with Crippen LogP contribution in [0.5, 0.6) is 11.5 Å². The first-order chi connectivity index (χ1) is 65.1. The number of anilines is 4. The van der Waals surface area contributed by atoms with Gasteiger partial charge in [0.25, 0.3) is 46.4 Å². The molecule has 15 rings (SSSR count). The molecular formula is C102H106N24O9. The van der Waals surface area contributed by atoms with Gasteiger partial charge in [-0.05, 0) is 156 Å². The van der Waals surface area contributed by atoms with E-state index in [-0.39, 0.29) is 60.3 Å². The lowest BCUT2D eigenvalue weighted by Crippen LogP contribution is -2.41. The molecule has 33 heteroatoms. The van der Waals surface area contributed by atoms with E-state index in [9.17, 15) is 34.5 Å². The Hall–Kier alpha value is -16.6. The summed E-state index contributed by atoms with van der Waals surface area (Å²) in [5.74, 6) is 1.32. The Bertz CT molecular complexity index is 6990. The van der Waals surface area contributed by atoms with Crippen LogP contribution in [0.15, 0.2) is 206 Å². The van der Waals surface area contributed by atoms with E-state index in [0.29, 0.717) is 151 Å². The van der Waals surface area contributed by atoms with Crippen molar-refractivity contribution in [2.75, 3.05) is 96.7 Å². The van der Waals surface area contributed by atoms with Gasteiger partial charge >= 0.3 is 0 Å². The molecule has 0 saturated carbocycles. The maximum absolute atomic E-state index is 13.1. The van der Waals surface area contributed by atoms with Gasteiger partial charge in [0.1, 0.15) is 77.0 Å². The number of fused-ring (bicyclic) bond motifs is 4. The SMILES string of the molecule is [C-]#[N+]/C(=C\c1c(-c2ccc(C)cc2)c2c(N)ncnc2n1CCCO)C(=O)N(C)CCC.[C-]#[N+]/C(=C\c1c(-c2ccc(C)cc2)c2c(N)ncnc2n1CCCO)C(=O)N1CCOCC1.[C-]#[N+]/C(=C\c1c(-c2ccc(C)cc2)c2c(N)ncnc2n1CCCO)C(=O)NC(C)(C)C.[C-]#[N+]/C(=C\c1cccc(-n2cc(-c3ccc(Oc4ccccc4)cc3)c3c(N)ncnc32)c1)C(=O)N(C)C. The van der Waals surface area contributed by atoms with Crippen LogP contribution in [0, 0.1) is 47.1 Å². The second kappa shape index (κ2) is 44.8. The van der Waals surface area contributed by atoms with Crippen molar-refractivity contribution in [2.24, 2.45) is 0 Å². The summed E-state index contributed by atoms with van der Waals surface area (Å²) in [6, 6.07) is 48.7. The third-order valence-electron chi connectivity index (χ3n) is 21.9. The highest BCUT2D eigenvalue weighted by molar-refractivity contribution is 6.11. The number of aliphatic hydroxyl groups excluding tert-OH is 3. The largest absolute Gasteiger partial charge is 0.457 e. The quantitative estimate of drug-likeness (QED) is 0.0184. The molecular weight excluding hydrogens is 1710 g/mol. The number of para-hydroxylation sites is 1. The maximum Gasteiger partial charge on any atom is 0.253 e. The molecule has 4 amide bonds. The average Bonchev–Trinajstić information content (AvgIpc) is 1.61. The number of aryl methyl sites for hydroxylation is 6. The summed E-state index contributed by atoms with van der Waals surface area (Å²) < 4.78 is 18.9. The van der Waals surface area contributed by atoms with Crippen molar-refractivity contribution in [1.29, 1.82) is 0 Å². The number of nitrogens with one attached hydrogen (secondary N) is 1. The Morgan fingerprint density at radius 1 is 0.489 bits per heavy atom. The van der Waals surface area contributed by atoms with Crippen LogP contribution in [-0.2, 0) is 43.5 Å². The van der Waals surface area contributed by atoms with Crippen molar-refractivity contribution < 1.29 is 44.0 Å². The number of nitrogens with zero attached hydrogens (tertiary/aromatic N) is 19. The van der Waals surface area contributed by atoms with Crippen molar-refractivity contribution in [2.45, 2.75) is 99.3 Å². The molecule has 1 aliphatic rings. The van der Waals surface area contributed by atoms with Crippen LogP contribution >= 0.6 is 0 Å². The van der Waals surface area contributed by atoms with Crippen molar-refractivity contribution in [3.8, 4) is 61.7 Å². The fourth-order valence-electron chi connectivity index (χ4n) is 15.4. The molecule has 0 bridgehead atoms. The van der Waals surface area contributed by atoms with Gasteiger partial charge in [-0.1, -0.05) is 139 Å². The van der Waals surface area contributed by atoms with Crippen molar-refractivity contribution in [3.05, 3.63) is 291 Å². The molecule has 135 heavy (non-hydrogen) atoms. The van der Waals surface area contributed by atoms with Crippen molar-refractivity contribution >= 4 is 115 Å². The first-order valence-electron chi connectivity index (χ1n) is 43.6. The van der Waals surface area contributed by atoms with Gasteiger partial charge in [0.05, 0.1) is 61.0 Å². The van der Waals surface area contributed by atoms with E-state index in [1.807, 2.05) is 225 Å². The minimum Gasteiger partial charge on any atom is -0.457 e. The zero-order valence-corrected chi connectivity index (χ0v) is 76.8. The number of carbonyl (C=O) groups excluding carboxylic acids is 4. The Kier molecular flexibility index (Phi) is 32.4. The zero-order chi connectivity index (χ0) is 96.7. The molecule has 12 N–H and O–H groups in total. The number of nitrogens with two attached hydrogens (primary N) is 4. The normalized spacial score (nSPS) is 12.3. The Labute approximate surface area is 782 Å². The van der Waals surface area contributed by atoms with Gasteiger partial charge in [0.2, 0.25) is 0 Å². The topological polar surface area (TPSA) is 414 Å². The predicted molar refractivity (Wildman–Crippen MR) is 527 cm³/mol. The molecule has 688 valence electrons. The molecule has 0 unspecified atom stereocenters.